The maximum Gasteiger partial charge on any atom is 0.129 e. The third-order valence-electron chi connectivity index (χ3n) is 5.00. The van der Waals surface area contributed by atoms with Crippen LogP contribution in [0, 0.1) is 0 Å². The number of pyridine rings is 1. The van der Waals surface area contributed by atoms with E-state index in [4.69, 9.17) is 10.7 Å². The van der Waals surface area contributed by atoms with Crippen LogP contribution >= 0.6 is 0 Å². The molecule has 2 unspecified atom stereocenters. The maximum atomic E-state index is 5.83. The van der Waals surface area contributed by atoms with Gasteiger partial charge in [0.2, 0.25) is 0 Å². The lowest BCUT2D eigenvalue weighted by Crippen LogP contribution is -2.37. The maximum absolute atomic E-state index is 5.83. The lowest BCUT2D eigenvalue weighted by atomic mass is 10.1. The highest BCUT2D eigenvalue weighted by molar-refractivity contribution is 5.43. The summed E-state index contributed by atoms with van der Waals surface area (Å²) in [5, 5.41) is 0. The van der Waals surface area contributed by atoms with Crippen molar-refractivity contribution < 1.29 is 0 Å². The van der Waals surface area contributed by atoms with E-state index < -0.39 is 0 Å². The summed E-state index contributed by atoms with van der Waals surface area (Å²) in [7, 11) is 2.28. The Kier molecular flexibility index (Phi) is 3.94. The van der Waals surface area contributed by atoms with Crippen molar-refractivity contribution in [1.82, 2.24) is 9.88 Å². The Hall–Kier alpha value is -1.13. The predicted octanol–water partition coefficient (Wildman–Crippen LogP) is 1.78. The lowest BCUT2D eigenvalue weighted by molar-refractivity contribution is 0.254. The van der Waals surface area contributed by atoms with Crippen LogP contribution in [0.1, 0.15) is 37.4 Å². The van der Waals surface area contributed by atoms with Gasteiger partial charge in [0, 0.05) is 37.4 Å². The number of aryl methyl sites for hydroxylation is 1. The SMILES string of the molecule is CCc1cc(CN)cc(N2CCC3CCC(C2)N3C)n1. The summed E-state index contributed by atoms with van der Waals surface area (Å²) in [6, 6.07) is 5.78. The van der Waals surface area contributed by atoms with Crippen LogP contribution in [0.5, 0.6) is 0 Å². The van der Waals surface area contributed by atoms with Crippen LogP contribution < -0.4 is 10.6 Å². The van der Waals surface area contributed by atoms with Crippen molar-refractivity contribution in [2.24, 2.45) is 5.73 Å². The van der Waals surface area contributed by atoms with E-state index in [2.05, 4.69) is 35.9 Å². The number of rotatable bonds is 3. The Morgan fingerprint density at radius 3 is 2.80 bits per heavy atom. The Morgan fingerprint density at radius 1 is 1.25 bits per heavy atom. The molecule has 0 aromatic carbocycles. The van der Waals surface area contributed by atoms with Gasteiger partial charge in [-0.25, -0.2) is 4.98 Å². The Bertz CT molecular complexity index is 451. The molecule has 20 heavy (non-hydrogen) atoms. The quantitative estimate of drug-likeness (QED) is 0.912. The van der Waals surface area contributed by atoms with Crippen LogP contribution in [0.4, 0.5) is 5.82 Å². The largest absolute Gasteiger partial charge is 0.355 e. The molecular formula is C16H26N4. The van der Waals surface area contributed by atoms with Crippen molar-refractivity contribution in [3.8, 4) is 0 Å². The third kappa shape index (κ3) is 2.54. The monoisotopic (exact) mass is 274 g/mol. The molecule has 2 fully saturated rings. The fourth-order valence-corrected chi connectivity index (χ4v) is 3.61. The van der Waals surface area contributed by atoms with Gasteiger partial charge in [0.1, 0.15) is 5.82 Å². The first-order valence-electron chi connectivity index (χ1n) is 7.88. The van der Waals surface area contributed by atoms with Crippen LogP contribution in [0.25, 0.3) is 0 Å². The first-order chi connectivity index (χ1) is 9.71. The summed E-state index contributed by atoms with van der Waals surface area (Å²) in [5.41, 5.74) is 8.19. The van der Waals surface area contributed by atoms with E-state index in [1.165, 1.54) is 24.8 Å². The second kappa shape index (κ2) is 5.70. The minimum Gasteiger partial charge on any atom is -0.355 e. The zero-order valence-corrected chi connectivity index (χ0v) is 12.7. The van der Waals surface area contributed by atoms with E-state index in [1.807, 2.05) is 0 Å². The smallest absolute Gasteiger partial charge is 0.129 e. The van der Waals surface area contributed by atoms with Gasteiger partial charge in [0.05, 0.1) is 0 Å². The molecule has 110 valence electrons. The van der Waals surface area contributed by atoms with E-state index >= 15 is 0 Å². The van der Waals surface area contributed by atoms with Crippen LogP contribution in [0.3, 0.4) is 0 Å². The summed E-state index contributed by atoms with van der Waals surface area (Å²) >= 11 is 0. The van der Waals surface area contributed by atoms with Gasteiger partial charge in [-0.05, 0) is 50.4 Å². The minimum absolute atomic E-state index is 0.600. The molecule has 1 aromatic heterocycles. The standard InChI is InChI=1S/C16H26N4/c1-3-13-8-12(10-17)9-16(18-13)20-7-6-14-4-5-15(11-20)19(14)2/h8-9,14-15H,3-7,10-11,17H2,1-2H3. The molecule has 2 aliphatic rings. The summed E-state index contributed by atoms with van der Waals surface area (Å²) in [4.78, 5) is 9.87. The number of hydrogen-bond acceptors (Lipinski definition) is 4. The Balaban J connectivity index is 1.85. The number of nitrogens with two attached hydrogens (primary N) is 1. The molecule has 0 aliphatic carbocycles. The minimum atomic E-state index is 0.600. The fourth-order valence-electron chi connectivity index (χ4n) is 3.61. The van der Waals surface area contributed by atoms with Gasteiger partial charge in [0.25, 0.3) is 0 Å². The van der Waals surface area contributed by atoms with Gasteiger partial charge in [-0.1, -0.05) is 6.92 Å². The van der Waals surface area contributed by atoms with E-state index in [0.717, 1.165) is 37.1 Å². The molecule has 0 spiro atoms. The van der Waals surface area contributed by atoms with Crippen molar-refractivity contribution in [2.45, 2.75) is 51.2 Å². The molecule has 0 amide bonds. The second-order valence-corrected chi connectivity index (χ2v) is 6.17. The van der Waals surface area contributed by atoms with Crippen molar-refractivity contribution >= 4 is 5.82 Å². The average Bonchev–Trinajstić information content (AvgIpc) is 2.71. The lowest BCUT2D eigenvalue weighted by Gasteiger charge is -2.27. The molecule has 2 saturated heterocycles. The molecule has 3 heterocycles. The summed E-state index contributed by atoms with van der Waals surface area (Å²) < 4.78 is 0. The Labute approximate surface area is 122 Å². The highest BCUT2D eigenvalue weighted by Crippen LogP contribution is 2.30. The summed E-state index contributed by atoms with van der Waals surface area (Å²) in [6.45, 7) is 4.99. The molecular weight excluding hydrogens is 248 g/mol. The molecule has 4 heteroatoms. The number of aromatic nitrogens is 1. The van der Waals surface area contributed by atoms with Crippen molar-refractivity contribution in [1.29, 1.82) is 0 Å². The van der Waals surface area contributed by atoms with Gasteiger partial charge >= 0.3 is 0 Å². The fraction of sp³-hybridized carbons (Fsp3) is 0.688. The van der Waals surface area contributed by atoms with Gasteiger partial charge < -0.3 is 10.6 Å². The normalized spacial score (nSPS) is 26.9. The van der Waals surface area contributed by atoms with Crippen molar-refractivity contribution in [2.75, 3.05) is 25.0 Å². The topological polar surface area (TPSA) is 45.4 Å². The van der Waals surface area contributed by atoms with E-state index in [1.54, 1.807) is 0 Å². The number of likely N-dealkylation sites (N-methyl/N-ethyl adjacent to an activating group) is 1. The summed E-state index contributed by atoms with van der Waals surface area (Å²) in [5.74, 6) is 1.13. The molecule has 2 bridgehead atoms. The zero-order chi connectivity index (χ0) is 14.1. The highest BCUT2D eigenvalue weighted by atomic mass is 15.3. The predicted molar refractivity (Wildman–Crippen MR) is 82.9 cm³/mol. The molecule has 0 saturated carbocycles. The van der Waals surface area contributed by atoms with Crippen LogP contribution in [0.2, 0.25) is 0 Å². The second-order valence-electron chi connectivity index (χ2n) is 6.17. The van der Waals surface area contributed by atoms with E-state index in [9.17, 15) is 0 Å². The summed E-state index contributed by atoms with van der Waals surface area (Å²) in [6.07, 6.45) is 4.92. The molecule has 3 rings (SSSR count). The first-order valence-corrected chi connectivity index (χ1v) is 7.88. The number of hydrogen-bond donors (Lipinski definition) is 1. The van der Waals surface area contributed by atoms with Crippen LogP contribution in [-0.4, -0.2) is 42.1 Å². The number of anilines is 1. The van der Waals surface area contributed by atoms with Gasteiger partial charge in [0.15, 0.2) is 0 Å². The first kappa shape index (κ1) is 13.8. The van der Waals surface area contributed by atoms with Gasteiger partial charge in [-0.15, -0.1) is 0 Å². The Morgan fingerprint density at radius 2 is 2.05 bits per heavy atom. The number of fused-ring (bicyclic) bond motifs is 2. The number of nitrogens with zero attached hydrogens (tertiary/aromatic N) is 3. The third-order valence-corrected chi connectivity index (χ3v) is 5.00. The molecule has 4 nitrogen and oxygen atoms in total. The average molecular weight is 274 g/mol. The van der Waals surface area contributed by atoms with Crippen molar-refractivity contribution in [3.63, 3.8) is 0 Å². The van der Waals surface area contributed by atoms with Crippen LogP contribution in [-0.2, 0) is 13.0 Å². The molecule has 2 aliphatic heterocycles. The van der Waals surface area contributed by atoms with E-state index in [-0.39, 0.29) is 0 Å². The molecule has 2 atom stereocenters. The molecule has 0 radical (unpaired) electrons. The molecule has 1 aromatic rings. The highest BCUT2D eigenvalue weighted by Gasteiger charge is 2.34. The van der Waals surface area contributed by atoms with E-state index in [0.29, 0.717) is 12.6 Å². The van der Waals surface area contributed by atoms with Gasteiger partial charge in [-0.2, -0.15) is 0 Å². The van der Waals surface area contributed by atoms with Gasteiger partial charge in [-0.3, -0.25) is 4.90 Å². The van der Waals surface area contributed by atoms with Crippen molar-refractivity contribution in [3.05, 3.63) is 23.4 Å². The zero-order valence-electron chi connectivity index (χ0n) is 12.7. The van der Waals surface area contributed by atoms with Crippen LogP contribution in [0.15, 0.2) is 12.1 Å². The molecule has 2 N–H and O–H groups in total.